The fourth-order valence-corrected chi connectivity index (χ4v) is 1.77. The summed E-state index contributed by atoms with van der Waals surface area (Å²) in [5, 5.41) is 14.5. The number of nitrogens with zero attached hydrogens (tertiary/aromatic N) is 2. The molecule has 0 atom stereocenters. The summed E-state index contributed by atoms with van der Waals surface area (Å²) in [5.41, 5.74) is 5.83. The van der Waals surface area contributed by atoms with Crippen LogP contribution in [0.15, 0.2) is 30.3 Å². The third-order valence-electron chi connectivity index (χ3n) is 2.23. The van der Waals surface area contributed by atoms with E-state index in [0.717, 1.165) is 0 Å². The average Bonchev–Trinajstić information content (AvgIpc) is 2.33. The van der Waals surface area contributed by atoms with Crippen LogP contribution < -0.4 is 11.1 Å². The topological polar surface area (TPSA) is 94.1 Å². The van der Waals surface area contributed by atoms with E-state index >= 15 is 0 Å². The summed E-state index contributed by atoms with van der Waals surface area (Å²) < 4.78 is 0. The Labute approximate surface area is 118 Å². The maximum Gasteiger partial charge on any atom is 0.276 e. The van der Waals surface area contributed by atoms with Crippen LogP contribution in [0, 0.1) is 10.1 Å². The Bertz CT molecular complexity index is 649. The van der Waals surface area contributed by atoms with Gasteiger partial charge in [-0.05, 0) is 18.2 Å². The minimum absolute atomic E-state index is 0.0369. The molecule has 0 unspecified atom stereocenters. The Balaban J connectivity index is 2.38. The summed E-state index contributed by atoms with van der Waals surface area (Å²) in [5.74, 6) is 0.255. The maximum atomic E-state index is 10.7. The molecule has 0 saturated heterocycles. The molecule has 0 fully saturated rings. The molecular formula is C11H8Cl2N4O2. The smallest absolute Gasteiger partial charge is 0.276 e. The van der Waals surface area contributed by atoms with Gasteiger partial charge in [-0.25, -0.2) is 4.98 Å². The van der Waals surface area contributed by atoms with Crippen LogP contribution in [-0.4, -0.2) is 9.91 Å². The number of nitro groups is 1. The lowest BCUT2D eigenvalue weighted by atomic mass is 10.3. The predicted octanol–water partition coefficient (Wildman–Crippen LogP) is 3.62. The van der Waals surface area contributed by atoms with Gasteiger partial charge in [-0.15, -0.1) is 0 Å². The van der Waals surface area contributed by atoms with Crippen molar-refractivity contribution in [3.63, 3.8) is 0 Å². The van der Waals surface area contributed by atoms with Crippen LogP contribution in [0.2, 0.25) is 10.0 Å². The highest BCUT2D eigenvalue weighted by Gasteiger charge is 2.11. The number of nitrogens with two attached hydrogens (primary N) is 1. The number of anilines is 3. The molecule has 3 N–H and O–H groups in total. The molecule has 0 aliphatic carbocycles. The van der Waals surface area contributed by atoms with Crippen molar-refractivity contribution >= 4 is 46.2 Å². The van der Waals surface area contributed by atoms with Crippen molar-refractivity contribution < 1.29 is 4.92 Å². The summed E-state index contributed by atoms with van der Waals surface area (Å²) in [6.07, 6.45) is 0. The Morgan fingerprint density at radius 3 is 2.68 bits per heavy atom. The van der Waals surface area contributed by atoms with Crippen LogP contribution in [0.5, 0.6) is 0 Å². The van der Waals surface area contributed by atoms with Crippen LogP contribution in [0.4, 0.5) is 23.0 Å². The summed E-state index contributed by atoms with van der Waals surface area (Å²) in [7, 11) is 0. The highest BCUT2D eigenvalue weighted by Crippen LogP contribution is 2.29. The van der Waals surface area contributed by atoms with Gasteiger partial charge in [-0.2, -0.15) is 0 Å². The first-order valence-corrected chi connectivity index (χ1v) is 5.85. The van der Waals surface area contributed by atoms with Gasteiger partial charge >= 0.3 is 0 Å². The van der Waals surface area contributed by atoms with E-state index in [0.29, 0.717) is 15.7 Å². The molecule has 0 amide bonds. The fourth-order valence-electron chi connectivity index (χ4n) is 1.44. The standard InChI is InChI=1S/C11H8Cl2N4O2/c12-6-1-2-8(13)9(3-6)15-11-5-7(17(18)19)4-10(14)16-11/h1-5H,(H3,14,15,16). The van der Waals surface area contributed by atoms with E-state index < -0.39 is 4.92 Å². The SMILES string of the molecule is Nc1cc([N+](=O)[O-])cc(Nc2cc(Cl)ccc2Cl)n1. The summed E-state index contributed by atoms with van der Waals surface area (Å²) in [6.45, 7) is 0. The highest BCUT2D eigenvalue weighted by atomic mass is 35.5. The molecule has 0 radical (unpaired) electrons. The van der Waals surface area contributed by atoms with Crippen LogP contribution in [0.25, 0.3) is 0 Å². The molecule has 6 nitrogen and oxygen atoms in total. The van der Waals surface area contributed by atoms with E-state index in [1.54, 1.807) is 18.2 Å². The lowest BCUT2D eigenvalue weighted by Crippen LogP contribution is -2.00. The van der Waals surface area contributed by atoms with Crippen molar-refractivity contribution in [2.24, 2.45) is 0 Å². The van der Waals surface area contributed by atoms with Gasteiger partial charge in [0, 0.05) is 5.02 Å². The Morgan fingerprint density at radius 1 is 1.26 bits per heavy atom. The Kier molecular flexibility index (Phi) is 3.73. The molecule has 0 aliphatic rings. The Hall–Kier alpha value is -2.05. The van der Waals surface area contributed by atoms with E-state index in [1.165, 1.54) is 12.1 Å². The first-order chi connectivity index (χ1) is 8.95. The number of nitrogen functional groups attached to an aromatic ring is 1. The number of pyridine rings is 1. The summed E-state index contributed by atoms with van der Waals surface area (Å²) >= 11 is 11.8. The monoisotopic (exact) mass is 298 g/mol. The number of hydrogen-bond donors (Lipinski definition) is 2. The number of aromatic nitrogens is 1. The van der Waals surface area contributed by atoms with E-state index in [1.807, 2.05) is 0 Å². The number of hydrogen-bond acceptors (Lipinski definition) is 5. The molecule has 2 aromatic rings. The zero-order valence-corrected chi connectivity index (χ0v) is 10.9. The molecule has 1 heterocycles. The van der Waals surface area contributed by atoms with Gasteiger partial charge in [0.1, 0.15) is 11.6 Å². The van der Waals surface area contributed by atoms with Crippen molar-refractivity contribution in [2.75, 3.05) is 11.1 Å². The van der Waals surface area contributed by atoms with Gasteiger partial charge in [0.2, 0.25) is 0 Å². The second kappa shape index (κ2) is 5.29. The Morgan fingerprint density at radius 2 is 2.00 bits per heavy atom. The number of rotatable bonds is 3. The number of benzene rings is 1. The van der Waals surface area contributed by atoms with Gasteiger partial charge in [0.15, 0.2) is 0 Å². The van der Waals surface area contributed by atoms with E-state index in [4.69, 9.17) is 28.9 Å². The largest absolute Gasteiger partial charge is 0.383 e. The van der Waals surface area contributed by atoms with Crippen LogP contribution >= 0.6 is 23.2 Å². The van der Waals surface area contributed by atoms with E-state index in [-0.39, 0.29) is 17.3 Å². The van der Waals surface area contributed by atoms with Crippen molar-refractivity contribution in [1.82, 2.24) is 4.98 Å². The molecular weight excluding hydrogens is 291 g/mol. The summed E-state index contributed by atoms with van der Waals surface area (Å²) in [6, 6.07) is 7.25. The first kappa shape index (κ1) is 13.4. The molecule has 98 valence electrons. The van der Waals surface area contributed by atoms with Crippen molar-refractivity contribution in [3.05, 3.63) is 50.5 Å². The average molecular weight is 299 g/mol. The molecule has 1 aromatic heterocycles. The van der Waals surface area contributed by atoms with Gasteiger partial charge in [-0.3, -0.25) is 10.1 Å². The number of halogens is 2. The lowest BCUT2D eigenvalue weighted by molar-refractivity contribution is -0.384. The summed E-state index contributed by atoms with van der Waals surface area (Å²) in [4.78, 5) is 14.1. The molecule has 19 heavy (non-hydrogen) atoms. The zero-order chi connectivity index (χ0) is 14.0. The van der Waals surface area contributed by atoms with Crippen molar-refractivity contribution in [1.29, 1.82) is 0 Å². The van der Waals surface area contributed by atoms with Crippen LogP contribution in [0.1, 0.15) is 0 Å². The molecule has 0 aliphatic heterocycles. The predicted molar refractivity (Wildman–Crippen MR) is 75.0 cm³/mol. The second-order valence-corrected chi connectivity index (χ2v) is 4.49. The zero-order valence-electron chi connectivity index (χ0n) is 9.43. The minimum atomic E-state index is -0.553. The molecule has 8 heteroatoms. The highest BCUT2D eigenvalue weighted by molar-refractivity contribution is 6.35. The number of nitrogens with one attached hydrogen (secondary N) is 1. The fraction of sp³-hybridized carbons (Fsp3) is 0. The molecule has 0 bridgehead atoms. The van der Waals surface area contributed by atoms with Crippen LogP contribution in [-0.2, 0) is 0 Å². The molecule has 0 spiro atoms. The van der Waals surface area contributed by atoms with Gasteiger partial charge in [-0.1, -0.05) is 23.2 Å². The van der Waals surface area contributed by atoms with Gasteiger partial charge < -0.3 is 11.1 Å². The van der Waals surface area contributed by atoms with E-state index in [2.05, 4.69) is 10.3 Å². The van der Waals surface area contributed by atoms with Crippen LogP contribution in [0.3, 0.4) is 0 Å². The third-order valence-corrected chi connectivity index (χ3v) is 2.80. The first-order valence-electron chi connectivity index (χ1n) is 5.10. The van der Waals surface area contributed by atoms with Crippen molar-refractivity contribution in [2.45, 2.75) is 0 Å². The lowest BCUT2D eigenvalue weighted by Gasteiger charge is -2.08. The maximum absolute atomic E-state index is 10.7. The third kappa shape index (κ3) is 3.24. The van der Waals surface area contributed by atoms with Gasteiger partial charge in [0.05, 0.1) is 27.8 Å². The molecule has 2 rings (SSSR count). The normalized spacial score (nSPS) is 10.2. The van der Waals surface area contributed by atoms with E-state index in [9.17, 15) is 10.1 Å². The molecule has 1 aromatic carbocycles. The molecule has 0 saturated carbocycles. The quantitative estimate of drug-likeness (QED) is 0.666. The van der Waals surface area contributed by atoms with Crippen molar-refractivity contribution in [3.8, 4) is 0 Å². The van der Waals surface area contributed by atoms with Gasteiger partial charge in [0.25, 0.3) is 5.69 Å². The minimum Gasteiger partial charge on any atom is -0.383 e. The second-order valence-electron chi connectivity index (χ2n) is 3.64.